The van der Waals surface area contributed by atoms with E-state index in [9.17, 15) is 9.59 Å². The smallest absolute Gasteiger partial charge is 0.261 e. The van der Waals surface area contributed by atoms with Crippen molar-refractivity contribution in [1.82, 2.24) is 10.2 Å². The third-order valence-corrected chi connectivity index (χ3v) is 5.00. The summed E-state index contributed by atoms with van der Waals surface area (Å²) in [7, 11) is 0. The topological polar surface area (TPSA) is 58.6 Å². The Labute approximate surface area is 175 Å². The lowest BCUT2D eigenvalue weighted by molar-refractivity contribution is -0.142. The van der Waals surface area contributed by atoms with E-state index in [-0.39, 0.29) is 25.0 Å². The first kappa shape index (κ1) is 22.1. The molecule has 0 aliphatic heterocycles. The van der Waals surface area contributed by atoms with Gasteiger partial charge in [0.2, 0.25) is 5.91 Å². The normalized spacial score (nSPS) is 11.6. The SMILES string of the molecule is CCNC(=O)C(C)N(Cc1c(Cl)cccc1Cl)C(=O)COc1ccc(C)cc1. The minimum atomic E-state index is -0.707. The van der Waals surface area contributed by atoms with E-state index >= 15 is 0 Å². The number of carbonyl (C=O) groups excluding carboxylic acids is 2. The van der Waals surface area contributed by atoms with Gasteiger partial charge in [0.05, 0.1) is 0 Å². The van der Waals surface area contributed by atoms with Crippen LogP contribution in [0.1, 0.15) is 25.0 Å². The summed E-state index contributed by atoms with van der Waals surface area (Å²) in [6.45, 7) is 5.83. The maximum absolute atomic E-state index is 12.9. The van der Waals surface area contributed by atoms with Gasteiger partial charge in [-0.1, -0.05) is 47.0 Å². The number of halogens is 2. The van der Waals surface area contributed by atoms with E-state index in [0.717, 1.165) is 5.56 Å². The zero-order valence-electron chi connectivity index (χ0n) is 16.2. The summed E-state index contributed by atoms with van der Waals surface area (Å²) in [5.74, 6) is -0.00925. The van der Waals surface area contributed by atoms with Crippen LogP contribution >= 0.6 is 23.2 Å². The molecule has 2 rings (SSSR count). The lowest BCUT2D eigenvalue weighted by atomic mass is 10.1. The van der Waals surface area contributed by atoms with Gasteiger partial charge in [-0.15, -0.1) is 0 Å². The summed E-state index contributed by atoms with van der Waals surface area (Å²) in [6.07, 6.45) is 0. The minimum Gasteiger partial charge on any atom is -0.484 e. The second kappa shape index (κ2) is 10.3. The zero-order valence-corrected chi connectivity index (χ0v) is 17.7. The van der Waals surface area contributed by atoms with Gasteiger partial charge in [-0.3, -0.25) is 9.59 Å². The average Bonchev–Trinajstić information content (AvgIpc) is 2.67. The molecule has 2 amide bonds. The first-order chi connectivity index (χ1) is 13.3. The number of benzene rings is 2. The Kier molecular flexibility index (Phi) is 8.15. The lowest BCUT2D eigenvalue weighted by Crippen LogP contribution is -2.49. The molecule has 2 aromatic rings. The number of nitrogens with one attached hydrogen (secondary N) is 1. The van der Waals surface area contributed by atoms with Gasteiger partial charge in [-0.05, 0) is 45.0 Å². The predicted octanol–water partition coefficient (Wildman–Crippen LogP) is 4.23. The van der Waals surface area contributed by atoms with E-state index in [2.05, 4.69) is 5.32 Å². The Bertz CT molecular complexity index is 805. The molecule has 7 heteroatoms. The van der Waals surface area contributed by atoms with Gasteiger partial charge in [0.15, 0.2) is 6.61 Å². The molecule has 0 fully saturated rings. The van der Waals surface area contributed by atoms with Crippen LogP contribution in [-0.2, 0) is 16.1 Å². The second-order valence-corrected chi connectivity index (χ2v) is 7.21. The number of likely N-dealkylation sites (N-methyl/N-ethyl adjacent to an activating group) is 1. The Morgan fingerprint density at radius 1 is 1.11 bits per heavy atom. The summed E-state index contributed by atoms with van der Waals surface area (Å²) in [6, 6.07) is 11.8. The van der Waals surface area contributed by atoms with Crippen molar-refractivity contribution >= 4 is 35.0 Å². The van der Waals surface area contributed by atoms with E-state index in [0.29, 0.717) is 27.9 Å². The predicted molar refractivity (Wildman–Crippen MR) is 112 cm³/mol. The number of ether oxygens (including phenoxy) is 1. The molecule has 0 aliphatic rings. The van der Waals surface area contributed by atoms with Gasteiger partial charge in [0, 0.05) is 28.7 Å². The molecule has 0 bridgehead atoms. The number of carbonyl (C=O) groups is 2. The molecule has 0 aromatic heterocycles. The van der Waals surface area contributed by atoms with Gasteiger partial charge in [-0.25, -0.2) is 0 Å². The number of hydrogen-bond donors (Lipinski definition) is 1. The minimum absolute atomic E-state index is 0.104. The quantitative estimate of drug-likeness (QED) is 0.691. The van der Waals surface area contributed by atoms with Crippen LogP contribution in [0, 0.1) is 6.92 Å². The zero-order chi connectivity index (χ0) is 20.7. The molecule has 0 heterocycles. The molecular formula is C21H24Cl2N2O3. The van der Waals surface area contributed by atoms with E-state index in [4.69, 9.17) is 27.9 Å². The number of hydrogen-bond acceptors (Lipinski definition) is 3. The molecule has 1 N–H and O–H groups in total. The summed E-state index contributed by atoms with van der Waals surface area (Å²) in [5, 5.41) is 3.61. The van der Waals surface area contributed by atoms with Gasteiger partial charge in [-0.2, -0.15) is 0 Å². The van der Waals surface area contributed by atoms with Crippen LogP contribution in [0.5, 0.6) is 5.75 Å². The van der Waals surface area contributed by atoms with Crippen molar-refractivity contribution in [3.63, 3.8) is 0 Å². The van der Waals surface area contributed by atoms with Crippen molar-refractivity contribution in [2.24, 2.45) is 0 Å². The van der Waals surface area contributed by atoms with Crippen LogP contribution in [0.2, 0.25) is 10.0 Å². The van der Waals surface area contributed by atoms with Crippen molar-refractivity contribution in [3.05, 3.63) is 63.6 Å². The average molecular weight is 423 g/mol. The molecule has 1 unspecified atom stereocenters. The summed E-state index contributed by atoms with van der Waals surface area (Å²) >= 11 is 12.5. The standard InChI is InChI=1S/C21H24Cl2N2O3/c1-4-24-21(27)15(3)25(12-17-18(22)6-5-7-19(17)23)20(26)13-28-16-10-8-14(2)9-11-16/h5-11,15H,4,12-13H2,1-3H3,(H,24,27). The number of amides is 2. The highest BCUT2D eigenvalue weighted by molar-refractivity contribution is 6.36. The van der Waals surface area contributed by atoms with E-state index in [1.165, 1.54) is 4.90 Å². The number of nitrogens with zero attached hydrogens (tertiary/aromatic N) is 1. The molecule has 28 heavy (non-hydrogen) atoms. The van der Waals surface area contributed by atoms with Gasteiger partial charge >= 0.3 is 0 Å². The third kappa shape index (κ3) is 5.88. The Morgan fingerprint density at radius 3 is 2.29 bits per heavy atom. The molecule has 1 atom stereocenters. The molecule has 0 radical (unpaired) electrons. The fraction of sp³-hybridized carbons (Fsp3) is 0.333. The molecule has 150 valence electrons. The van der Waals surface area contributed by atoms with Crippen LogP contribution < -0.4 is 10.1 Å². The molecule has 0 saturated heterocycles. The van der Waals surface area contributed by atoms with Gasteiger partial charge in [0.1, 0.15) is 11.8 Å². The largest absolute Gasteiger partial charge is 0.484 e. The van der Waals surface area contributed by atoms with Crippen molar-refractivity contribution in [1.29, 1.82) is 0 Å². The fourth-order valence-corrected chi connectivity index (χ4v) is 3.14. The molecule has 0 spiro atoms. The molecular weight excluding hydrogens is 399 g/mol. The lowest BCUT2D eigenvalue weighted by Gasteiger charge is -2.29. The maximum atomic E-state index is 12.9. The summed E-state index contributed by atoms with van der Waals surface area (Å²) < 4.78 is 5.60. The number of aryl methyl sites for hydroxylation is 1. The van der Waals surface area contributed by atoms with Crippen LogP contribution in [0.4, 0.5) is 0 Å². The van der Waals surface area contributed by atoms with Crippen molar-refractivity contribution in [2.45, 2.75) is 33.4 Å². The maximum Gasteiger partial charge on any atom is 0.261 e. The molecule has 0 aliphatic carbocycles. The van der Waals surface area contributed by atoms with E-state index in [1.807, 2.05) is 26.0 Å². The van der Waals surface area contributed by atoms with Crippen molar-refractivity contribution in [3.8, 4) is 5.75 Å². The highest BCUT2D eigenvalue weighted by atomic mass is 35.5. The van der Waals surface area contributed by atoms with Crippen molar-refractivity contribution in [2.75, 3.05) is 13.2 Å². The summed E-state index contributed by atoms with van der Waals surface area (Å²) in [4.78, 5) is 26.7. The highest BCUT2D eigenvalue weighted by Gasteiger charge is 2.27. The molecule has 0 saturated carbocycles. The van der Waals surface area contributed by atoms with E-state index < -0.39 is 6.04 Å². The monoisotopic (exact) mass is 422 g/mol. The van der Waals surface area contributed by atoms with Crippen LogP contribution in [-0.4, -0.2) is 35.9 Å². The Morgan fingerprint density at radius 2 is 1.71 bits per heavy atom. The number of rotatable bonds is 8. The van der Waals surface area contributed by atoms with Crippen LogP contribution in [0.15, 0.2) is 42.5 Å². The fourth-order valence-electron chi connectivity index (χ4n) is 2.62. The van der Waals surface area contributed by atoms with Crippen LogP contribution in [0.3, 0.4) is 0 Å². The first-order valence-corrected chi connectivity index (χ1v) is 9.78. The highest BCUT2D eigenvalue weighted by Crippen LogP contribution is 2.26. The summed E-state index contributed by atoms with van der Waals surface area (Å²) in [5.41, 5.74) is 1.68. The first-order valence-electron chi connectivity index (χ1n) is 9.03. The molecule has 2 aromatic carbocycles. The van der Waals surface area contributed by atoms with E-state index in [1.54, 1.807) is 37.3 Å². The van der Waals surface area contributed by atoms with Gasteiger partial charge < -0.3 is 15.0 Å². The van der Waals surface area contributed by atoms with Crippen LogP contribution in [0.25, 0.3) is 0 Å². The van der Waals surface area contributed by atoms with Crippen molar-refractivity contribution < 1.29 is 14.3 Å². The van der Waals surface area contributed by atoms with Gasteiger partial charge in [0.25, 0.3) is 5.91 Å². The third-order valence-electron chi connectivity index (χ3n) is 4.29. The molecule has 5 nitrogen and oxygen atoms in total. The second-order valence-electron chi connectivity index (χ2n) is 6.39. The Hall–Kier alpha value is -2.24. The Balaban J connectivity index is 2.20.